The molecular formula is C38H47BrN11O2P. The predicted molar refractivity (Wildman–Crippen MR) is 216 cm³/mol. The molecule has 0 spiro atoms. The predicted octanol–water partition coefficient (Wildman–Crippen LogP) is 6.42. The summed E-state index contributed by atoms with van der Waals surface area (Å²) in [6.07, 6.45) is 8.07. The summed E-state index contributed by atoms with van der Waals surface area (Å²) < 4.78 is 20.4. The molecule has 8 rings (SSSR count). The van der Waals surface area contributed by atoms with Gasteiger partial charge in [-0.3, -0.25) is 9.88 Å². The topological polar surface area (TPSA) is 129 Å². The first kappa shape index (κ1) is 35.9. The van der Waals surface area contributed by atoms with Crippen molar-refractivity contribution in [3.8, 4) is 17.0 Å². The van der Waals surface area contributed by atoms with E-state index in [9.17, 15) is 4.57 Å². The zero-order valence-corrected chi connectivity index (χ0v) is 33.5. The Morgan fingerprint density at radius 1 is 0.887 bits per heavy atom. The fourth-order valence-electron chi connectivity index (χ4n) is 7.69. The number of benzene rings is 2. The maximum Gasteiger partial charge on any atom is 0.229 e. The van der Waals surface area contributed by atoms with E-state index in [1.165, 1.54) is 12.8 Å². The van der Waals surface area contributed by atoms with Crippen LogP contribution < -0.4 is 25.6 Å². The summed E-state index contributed by atoms with van der Waals surface area (Å²) in [4.78, 5) is 23.5. The van der Waals surface area contributed by atoms with E-state index in [4.69, 9.17) is 19.8 Å². The van der Waals surface area contributed by atoms with Gasteiger partial charge in [-0.25, -0.2) is 4.98 Å². The van der Waals surface area contributed by atoms with Crippen LogP contribution >= 0.6 is 23.1 Å². The number of fused-ring (bicyclic) bond motifs is 1. The summed E-state index contributed by atoms with van der Waals surface area (Å²) in [5.41, 5.74) is 6.19. The average Bonchev–Trinajstić information content (AvgIpc) is 3.92. The number of ether oxygens (including phenoxy) is 1. The van der Waals surface area contributed by atoms with Gasteiger partial charge in [0.25, 0.3) is 0 Å². The number of methoxy groups -OCH3 is 1. The van der Waals surface area contributed by atoms with E-state index >= 15 is 0 Å². The van der Waals surface area contributed by atoms with Gasteiger partial charge in [0.1, 0.15) is 24.4 Å². The molecular weight excluding hydrogens is 753 g/mol. The molecule has 15 heteroatoms. The maximum atomic E-state index is 13.8. The second kappa shape index (κ2) is 14.6. The Balaban J connectivity index is 1.08. The average molecular weight is 801 g/mol. The van der Waals surface area contributed by atoms with Gasteiger partial charge in [-0.1, -0.05) is 6.07 Å². The molecule has 5 aromatic rings. The second-order valence-corrected chi connectivity index (χ2v) is 18.9. The minimum absolute atomic E-state index is 0.370. The number of nitrogens with zero attached hydrogens (tertiary/aromatic N) is 9. The number of likely N-dealkylation sites (N-methyl/N-ethyl adjacent to an activating group) is 1. The normalized spacial score (nSPS) is 17.7. The van der Waals surface area contributed by atoms with Gasteiger partial charge < -0.3 is 29.7 Å². The highest BCUT2D eigenvalue weighted by molar-refractivity contribution is 9.10. The lowest BCUT2D eigenvalue weighted by atomic mass is 9.99. The van der Waals surface area contributed by atoms with Crippen molar-refractivity contribution in [2.45, 2.75) is 37.6 Å². The number of hydrogen-bond acceptors (Lipinski definition) is 12. The Hall–Kier alpha value is -4.10. The highest BCUT2D eigenvalue weighted by atomic mass is 79.9. The number of piperidine rings is 1. The highest BCUT2D eigenvalue weighted by Crippen LogP contribution is 2.44. The van der Waals surface area contributed by atoms with Crippen molar-refractivity contribution in [1.82, 2.24) is 39.7 Å². The first-order chi connectivity index (χ1) is 25.5. The van der Waals surface area contributed by atoms with Gasteiger partial charge >= 0.3 is 0 Å². The number of pyridine rings is 1. The van der Waals surface area contributed by atoms with Crippen LogP contribution in [0, 0.1) is 0 Å². The lowest BCUT2D eigenvalue weighted by Gasteiger charge is -2.43. The second-order valence-electron chi connectivity index (χ2n) is 14.9. The van der Waals surface area contributed by atoms with Crippen LogP contribution in [0.2, 0.25) is 0 Å². The van der Waals surface area contributed by atoms with Crippen molar-refractivity contribution in [3.63, 3.8) is 0 Å². The number of halogens is 1. The molecule has 0 radical (unpaired) electrons. The van der Waals surface area contributed by atoms with E-state index < -0.39 is 7.14 Å². The van der Waals surface area contributed by atoms with Gasteiger partial charge in [-0.2, -0.15) is 20.0 Å². The van der Waals surface area contributed by atoms with Gasteiger partial charge in [0.05, 0.1) is 40.4 Å². The zero-order valence-electron chi connectivity index (χ0n) is 31.0. The Kier molecular flexibility index (Phi) is 9.90. The highest BCUT2D eigenvalue weighted by Gasteiger charge is 2.30. The quantitative estimate of drug-likeness (QED) is 0.151. The third kappa shape index (κ3) is 7.64. The third-order valence-corrected chi connectivity index (χ3v) is 12.8. The van der Waals surface area contributed by atoms with Crippen molar-refractivity contribution in [1.29, 1.82) is 0 Å². The van der Waals surface area contributed by atoms with Gasteiger partial charge in [-0.15, -0.1) is 0 Å². The number of aryl methyl sites for hydroxylation is 1. The van der Waals surface area contributed by atoms with Crippen LogP contribution in [-0.2, 0) is 11.6 Å². The maximum absolute atomic E-state index is 13.8. The summed E-state index contributed by atoms with van der Waals surface area (Å²) in [6, 6.07) is 12.8. The lowest BCUT2D eigenvalue weighted by molar-refractivity contribution is 0.0982. The Morgan fingerprint density at radius 3 is 2.34 bits per heavy atom. The molecule has 0 unspecified atom stereocenters. The number of nitrogens with one attached hydrogen (secondary N) is 2. The van der Waals surface area contributed by atoms with Gasteiger partial charge in [-0.05, 0) is 86.3 Å². The van der Waals surface area contributed by atoms with Crippen LogP contribution in [0.1, 0.15) is 37.3 Å². The molecule has 2 aliphatic heterocycles. The fraction of sp³-hybridized carbons (Fsp3) is 0.447. The van der Waals surface area contributed by atoms with Crippen molar-refractivity contribution < 1.29 is 9.30 Å². The SMILES string of the molecule is COc1cc(N2CCC(N3CCN(C)CC3)CC2)c(-c2cnn(C)n2)cc1Nc1ncc(Br)c(Nc2ccc3nc(C4CC4)ccc3c2P(C)(C)=O)n1. The molecule has 0 atom stereocenters. The first-order valence-corrected chi connectivity index (χ1v) is 21.8. The molecule has 3 aromatic heterocycles. The Bertz CT molecular complexity index is 2190. The number of hydrogen-bond donors (Lipinski definition) is 2. The molecule has 5 heterocycles. The molecule has 278 valence electrons. The van der Waals surface area contributed by atoms with Crippen LogP contribution in [0.5, 0.6) is 5.75 Å². The van der Waals surface area contributed by atoms with Gasteiger partial charge in [0.2, 0.25) is 5.95 Å². The van der Waals surface area contributed by atoms with Crippen molar-refractivity contribution >= 4 is 68.1 Å². The Labute approximate surface area is 319 Å². The molecule has 13 nitrogen and oxygen atoms in total. The number of piperazine rings is 1. The molecule has 1 aliphatic carbocycles. The van der Waals surface area contributed by atoms with E-state index in [2.05, 4.69) is 82.7 Å². The van der Waals surface area contributed by atoms with Crippen LogP contribution in [-0.4, -0.2) is 113 Å². The lowest BCUT2D eigenvalue weighted by Crippen LogP contribution is -2.52. The molecule has 0 amide bonds. The monoisotopic (exact) mass is 799 g/mol. The Morgan fingerprint density at radius 2 is 1.66 bits per heavy atom. The molecule has 1 saturated carbocycles. The van der Waals surface area contributed by atoms with Crippen molar-refractivity contribution in [2.24, 2.45) is 7.05 Å². The van der Waals surface area contributed by atoms with Crippen LogP contribution in [0.25, 0.3) is 22.2 Å². The summed E-state index contributed by atoms with van der Waals surface area (Å²) >= 11 is 3.64. The smallest absolute Gasteiger partial charge is 0.229 e. The molecule has 2 saturated heterocycles. The van der Waals surface area contributed by atoms with Crippen molar-refractivity contribution in [3.05, 3.63) is 59.0 Å². The molecule has 0 bridgehead atoms. The number of anilines is 5. The molecule has 53 heavy (non-hydrogen) atoms. The van der Waals surface area contributed by atoms with Crippen LogP contribution in [0.3, 0.4) is 0 Å². The molecule has 2 N–H and O–H groups in total. The van der Waals surface area contributed by atoms with Crippen LogP contribution in [0.15, 0.2) is 53.3 Å². The molecule has 3 aliphatic rings. The molecule has 3 fully saturated rings. The van der Waals surface area contributed by atoms with E-state index in [1.807, 2.05) is 19.2 Å². The minimum atomic E-state index is -2.73. The standard InChI is InChI=1S/C38H47BrN11O2P/c1-47-16-18-49(19-17-47)25-12-14-50(15-13-25)34-21-35(52-3)32(20-27(34)33-23-41-48(2)46-33)44-38-40-22-28(39)37(45-38)43-31-11-10-30-26(36(31)53(4,5)51)8-9-29(42-30)24-6-7-24/h8-11,20-25H,6-7,12-19H2,1-5H3,(H2,40,43,44,45). The van der Waals surface area contributed by atoms with E-state index in [-0.39, 0.29) is 0 Å². The number of aromatic nitrogens is 6. The van der Waals surface area contributed by atoms with E-state index in [1.54, 1.807) is 37.6 Å². The summed E-state index contributed by atoms with van der Waals surface area (Å²) in [6.45, 7) is 10.0. The number of rotatable bonds is 10. The largest absolute Gasteiger partial charge is 0.494 e. The summed E-state index contributed by atoms with van der Waals surface area (Å²) in [5, 5.41) is 17.6. The summed E-state index contributed by atoms with van der Waals surface area (Å²) in [7, 11) is 2.99. The van der Waals surface area contributed by atoms with E-state index in [0.717, 1.165) is 96.6 Å². The zero-order chi connectivity index (χ0) is 36.9. The first-order valence-electron chi connectivity index (χ1n) is 18.4. The minimum Gasteiger partial charge on any atom is -0.494 e. The van der Waals surface area contributed by atoms with Gasteiger partial charge in [0, 0.05) is 92.5 Å². The fourth-order valence-corrected chi connectivity index (χ4v) is 9.46. The van der Waals surface area contributed by atoms with E-state index in [0.29, 0.717) is 39.6 Å². The van der Waals surface area contributed by atoms with Crippen LogP contribution in [0.4, 0.5) is 28.8 Å². The van der Waals surface area contributed by atoms with Gasteiger partial charge in [0.15, 0.2) is 0 Å². The third-order valence-electron chi connectivity index (χ3n) is 10.7. The molecule has 2 aromatic carbocycles. The van der Waals surface area contributed by atoms with Crippen molar-refractivity contribution in [2.75, 3.05) is 82.3 Å². The summed E-state index contributed by atoms with van der Waals surface area (Å²) in [5.74, 6) is 2.11.